The van der Waals surface area contributed by atoms with Gasteiger partial charge in [-0.3, -0.25) is 0 Å². The smallest absolute Gasteiger partial charge is 0.0186 e. The highest BCUT2D eigenvalue weighted by atomic mass is 79.9. The molecule has 0 spiro atoms. The highest BCUT2D eigenvalue weighted by Gasteiger charge is 2.25. The van der Waals surface area contributed by atoms with E-state index in [0.717, 1.165) is 18.5 Å². The molecule has 3 heteroatoms. The minimum absolute atomic E-state index is 0.776. The zero-order valence-corrected chi connectivity index (χ0v) is 13.4. The summed E-state index contributed by atoms with van der Waals surface area (Å²) in [7, 11) is 0. The van der Waals surface area contributed by atoms with Crippen LogP contribution in [0.4, 0.5) is 0 Å². The molecule has 1 aliphatic carbocycles. The lowest BCUT2D eigenvalue weighted by molar-refractivity contribution is 0.400. The van der Waals surface area contributed by atoms with Gasteiger partial charge in [0.15, 0.2) is 0 Å². The molecule has 0 saturated heterocycles. The summed E-state index contributed by atoms with van der Waals surface area (Å²) in [5.74, 6) is 2.13. The van der Waals surface area contributed by atoms with E-state index in [1.807, 2.05) is 11.8 Å². The van der Waals surface area contributed by atoms with Gasteiger partial charge in [-0.25, -0.2) is 0 Å². The summed E-state index contributed by atoms with van der Waals surface area (Å²) in [5.41, 5.74) is 0. The fraction of sp³-hybridized carbons (Fsp3) is 0.600. The summed E-state index contributed by atoms with van der Waals surface area (Å²) >= 11 is 5.51. The van der Waals surface area contributed by atoms with Crippen LogP contribution in [-0.4, -0.2) is 18.3 Å². The Balaban J connectivity index is 1.74. The predicted octanol–water partition coefficient (Wildman–Crippen LogP) is 4.71. The van der Waals surface area contributed by atoms with E-state index in [1.165, 1.54) is 40.8 Å². The van der Waals surface area contributed by atoms with Crippen molar-refractivity contribution >= 4 is 27.7 Å². The second-order valence-corrected chi connectivity index (χ2v) is 7.03. The average Bonchev–Trinajstić information content (AvgIpc) is 2.78. The van der Waals surface area contributed by atoms with Crippen LogP contribution in [0.1, 0.15) is 32.6 Å². The van der Waals surface area contributed by atoms with Crippen molar-refractivity contribution in [3.05, 3.63) is 28.7 Å². The number of rotatable bonds is 6. The summed E-state index contributed by atoms with van der Waals surface area (Å²) in [5, 5.41) is 3.64. The largest absolute Gasteiger partial charge is 0.314 e. The van der Waals surface area contributed by atoms with Crippen molar-refractivity contribution in [3.63, 3.8) is 0 Å². The first-order valence-electron chi connectivity index (χ1n) is 6.91. The third-order valence-corrected chi connectivity index (χ3v) is 5.20. The van der Waals surface area contributed by atoms with Crippen molar-refractivity contribution in [3.8, 4) is 0 Å². The molecule has 0 bridgehead atoms. The topological polar surface area (TPSA) is 12.0 Å². The van der Waals surface area contributed by atoms with Crippen LogP contribution < -0.4 is 5.32 Å². The summed E-state index contributed by atoms with van der Waals surface area (Å²) in [6.45, 7) is 3.32. The van der Waals surface area contributed by atoms with Crippen LogP contribution in [0.2, 0.25) is 0 Å². The standard InChI is InChI=1S/C15H22BrNS/c1-2-17-15-8-3-5-12(15)9-10-18-14-7-4-6-13(16)11-14/h4,6-7,11-12,15,17H,2-3,5,8-10H2,1H3. The van der Waals surface area contributed by atoms with E-state index < -0.39 is 0 Å². The van der Waals surface area contributed by atoms with Crippen LogP contribution in [0.5, 0.6) is 0 Å². The molecule has 18 heavy (non-hydrogen) atoms. The van der Waals surface area contributed by atoms with Gasteiger partial charge in [-0.05, 0) is 55.7 Å². The average molecular weight is 328 g/mol. The lowest BCUT2D eigenvalue weighted by atomic mass is 10.0. The van der Waals surface area contributed by atoms with Gasteiger partial charge in [-0.2, -0.15) is 0 Å². The molecule has 1 aromatic rings. The van der Waals surface area contributed by atoms with Gasteiger partial charge in [0.1, 0.15) is 0 Å². The first-order chi connectivity index (χ1) is 8.79. The minimum atomic E-state index is 0.776. The third-order valence-electron chi connectivity index (χ3n) is 3.68. The Labute approximate surface area is 123 Å². The monoisotopic (exact) mass is 327 g/mol. The van der Waals surface area contributed by atoms with Crippen LogP contribution in [0.15, 0.2) is 33.6 Å². The van der Waals surface area contributed by atoms with E-state index in [1.54, 1.807) is 0 Å². The molecule has 0 heterocycles. The molecule has 1 saturated carbocycles. The van der Waals surface area contributed by atoms with Crippen LogP contribution in [0, 0.1) is 5.92 Å². The van der Waals surface area contributed by atoms with Crippen LogP contribution in [0.25, 0.3) is 0 Å². The van der Waals surface area contributed by atoms with Crippen molar-refractivity contribution in [2.24, 2.45) is 5.92 Å². The van der Waals surface area contributed by atoms with Crippen LogP contribution in [0.3, 0.4) is 0 Å². The predicted molar refractivity (Wildman–Crippen MR) is 84.3 cm³/mol. The lowest BCUT2D eigenvalue weighted by Gasteiger charge is -2.20. The number of nitrogens with one attached hydrogen (secondary N) is 1. The quantitative estimate of drug-likeness (QED) is 0.759. The Morgan fingerprint density at radius 3 is 3.06 bits per heavy atom. The minimum Gasteiger partial charge on any atom is -0.314 e. The van der Waals surface area contributed by atoms with E-state index >= 15 is 0 Å². The number of hydrogen-bond acceptors (Lipinski definition) is 2. The molecule has 0 aliphatic heterocycles. The molecule has 0 aromatic heterocycles. The molecule has 1 aromatic carbocycles. The Morgan fingerprint density at radius 1 is 1.39 bits per heavy atom. The number of halogens is 1. The number of thioether (sulfide) groups is 1. The molecular weight excluding hydrogens is 306 g/mol. The van der Waals surface area contributed by atoms with Gasteiger partial charge in [-0.1, -0.05) is 35.3 Å². The van der Waals surface area contributed by atoms with Crippen LogP contribution >= 0.6 is 27.7 Å². The maximum atomic E-state index is 3.64. The molecular formula is C15H22BrNS. The molecule has 2 atom stereocenters. The lowest BCUT2D eigenvalue weighted by Crippen LogP contribution is -2.32. The van der Waals surface area contributed by atoms with E-state index in [0.29, 0.717) is 0 Å². The fourth-order valence-electron chi connectivity index (χ4n) is 2.80. The molecule has 0 amide bonds. The molecule has 1 fully saturated rings. The van der Waals surface area contributed by atoms with Gasteiger partial charge in [0, 0.05) is 15.4 Å². The molecule has 2 rings (SSSR count). The zero-order valence-electron chi connectivity index (χ0n) is 11.0. The summed E-state index contributed by atoms with van der Waals surface area (Å²) in [4.78, 5) is 1.38. The second kappa shape index (κ2) is 7.56. The van der Waals surface area contributed by atoms with Gasteiger partial charge in [-0.15, -0.1) is 11.8 Å². The van der Waals surface area contributed by atoms with E-state index in [-0.39, 0.29) is 0 Å². The van der Waals surface area contributed by atoms with Gasteiger partial charge < -0.3 is 5.32 Å². The number of hydrogen-bond donors (Lipinski definition) is 1. The first-order valence-corrected chi connectivity index (χ1v) is 8.69. The van der Waals surface area contributed by atoms with Gasteiger partial charge in [0.2, 0.25) is 0 Å². The van der Waals surface area contributed by atoms with Crippen molar-refractivity contribution in [2.45, 2.75) is 43.5 Å². The normalized spacial score (nSPS) is 23.4. The van der Waals surface area contributed by atoms with Crippen molar-refractivity contribution in [1.29, 1.82) is 0 Å². The van der Waals surface area contributed by atoms with Crippen molar-refractivity contribution < 1.29 is 0 Å². The van der Waals surface area contributed by atoms with Gasteiger partial charge in [0.25, 0.3) is 0 Å². The number of benzene rings is 1. The molecule has 2 unspecified atom stereocenters. The molecule has 0 radical (unpaired) electrons. The zero-order chi connectivity index (χ0) is 12.8. The van der Waals surface area contributed by atoms with E-state index in [2.05, 4.69) is 52.4 Å². The Kier molecular flexibility index (Phi) is 6.06. The van der Waals surface area contributed by atoms with Crippen molar-refractivity contribution in [1.82, 2.24) is 5.32 Å². The second-order valence-electron chi connectivity index (χ2n) is 4.95. The Bertz CT molecular complexity index is 369. The molecule has 1 aliphatic rings. The first kappa shape index (κ1) is 14.4. The van der Waals surface area contributed by atoms with Gasteiger partial charge >= 0.3 is 0 Å². The van der Waals surface area contributed by atoms with E-state index in [4.69, 9.17) is 0 Å². The fourth-order valence-corrected chi connectivity index (χ4v) is 4.39. The molecule has 1 nitrogen and oxygen atoms in total. The summed E-state index contributed by atoms with van der Waals surface area (Å²) < 4.78 is 1.18. The Hall–Kier alpha value is 0.01000. The van der Waals surface area contributed by atoms with E-state index in [9.17, 15) is 0 Å². The van der Waals surface area contributed by atoms with Crippen molar-refractivity contribution in [2.75, 3.05) is 12.3 Å². The molecule has 100 valence electrons. The van der Waals surface area contributed by atoms with Crippen LogP contribution in [-0.2, 0) is 0 Å². The van der Waals surface area contributed by atoms with Gasteiger partial charge in [0.05, 0.1) is 0 Å². The Morgan fingerprint density at radius 2 is 2.28 bits per heavy atom. The SMILES string of the molecule is CCNC1CCCC1CCSc1cccc(Br)c1. The maximum absolute atomic E-state index is 3.64. The highest BCUT2D eigenvalue weighted by Crippen LogP contribution is 2.31. The summed E-state index contributed by atoms with van der Waals surface area (Å²) in [6.07, 6.45) is 5.54. The maximum Gasteiger partial charge on any atom is 0.0186 e. The highest BCUT2D eigenvalue weighted by molar-refractivity contribution is 9.10. The molecule has 1 N–H and O–H groups in total. The summed E-state index contributed by atoms with van der Waals surface area (Å²) in [6, 6.07) is 9.39. The third kappa shape index (κ3) is 4.29.